The number of aromatic hydroxyl groups is 1. The SMILES string of the molecule is CCCCCCCCCCCCCCCCCCNC(=O)Oc1cccc(O)c1C. The maximum atomic E-state index is 11.8. The molecule has 0 aromatic heterocycles. The Kier molecular flexibility index (Phi) is 15.9. The highest BCUT2D eigenvalue weighted by atomic mass is 16.6. The molecule has 0 aliphatic rings. The summed E-state index contributed by atoms with van der Waals surface area (Å²) in [6, 6.07) is 4.93. The summed E-state index contributed by atoms with van der Waals surface area (Å²) < 4.78 is 5.24. The molecule has 172 valence electrons. The van der Waals surface area contributed by atoms with Gasteiger partial charge in [0.1, 0.15) is 11.5 Å². The number of amides is 1. The average Bonchev–Trinajstić information content (AvgIpc) is 2.73. The van der Waals surface area contributed by atoms with E-state index in [1.54, 1.807) is 25.1 Å². The molecule has 4 heteroatoms. The largest absolute Gasteiger partial charge is 0.508 e. The highest BCUT2D eigenvalue weighted by molar-refractivity contribution is 5.71. The van der Waals surface area contributed by atoms with Crippen LogP contribution in [0.25, 0.3) is 0 Å². The molecule has 1 amide bonds. The number of nitrogens with one attached hydrogen (secondary N) is 1. The van der Waals surface area contributed by atoms with Gasteiger partial charge in [0.25, 0.3) is 0 Å². The first-order valence-corrected chi connectivity index (χ1v) is 12.4. The fourth-order valence-corrected chi connectivity index (χ4v) is 3.71. The van der Waals surface area contributed by atoms with Gasteiger partial charge >= 0.3 is 6.09 Å². The van der Waals surface area contributed by atoms with E-state index in [4.69, 9.17) is 4.74 Å². The number of carbonyl (C=O) groups is 1. The summed E-state index contributed by atoms with van der Waals surface area (Å²) in [5.41, 5.74) is 0.579. The van der Waals surface area contributed by atoms with E-state index in [9.17, 15) is 9.90 Å². The maximum absolute atomic E-state index is 11.8. The average molecular weight is 420 g/mol. The van der Waals surface area contributed by atoms with E-state index in [1.807, 2.05) is 0 Å². The summed E-state index contributed by atoms with van der Waals surface area (Å²) in [6.45, 7) is 4.64. The van der Waals surface area contributed by atoms with Crippen molar-refractivity contribution >= 4 is 6.09 Å². The zero-order chi connectivity index (χ0) is 21.9. The summed E-state index contributed by atoms with van der Waals surface area (Å²) in [4.78, 5) is 11.8. The molecule has 0 radical (unpaired) electrons. The van der Waals surface area contributed by atoms with Gasteiger partial charge < -0.3 is 15.2 Å². The van der Waals surface area contributed by atoms with Crippen molar-refractivity contribution in [2.45, 2.75) is 117 Å². The van der Waals surface area contributed by atoms with Gasteiger partial charge in [-0.1, -0.05) is 109 Å². The van der Waals surface area contributed by atoms with Gasteiger partial charge in [0.05, 0.1) is 0 Å². The van der Waals surface area contributed by atoms with Crippen molar-refractivity contribution in [2.24, 2.45) is 0 Å². The normalized spacial score (nSPS) is 10.9. The monoisotopic (exact) mass is 419 g/mol. The van der Waals surface area contributed by atoms with E-state index in [2.05, 4.69) is 12.2 Å². The number of ether oxygens (including phenoxy) is 1. The van der Waals surface area contributed by atoms with Crippen LogP contribution in [-0.4, -0.2) is 17.7 Å². The molecule has 0 unspecified atom stereocenters. The van der Waals surface area contributed by atoms with Gasteiger partial charge in [-0.2, -0.15) is 0 Å². The Labute approximate surface area is 184 Å². The second-order valence-electron chi connectivity index (χ2n) is 8.52. The van der Waals surface area contributed by atoms with Crippen molar-refractivity contribution in [3.05, 3.63) is 23.8 Å². The first kappa shape index (κ1) is 26.3. The van der Waals surface area contributed by atoms with Crippen molar-refractivity contribution < 1.29 is 14.6 Å². The van der Waals surface area contributed by atoms with Crippen LogP contribution < -0.4 is 10.1 Å². The van der Waals surface area contributed by atoms with Crippen molar-refractivity contribution in [1.82, 2.24) is 5.32 Å². The van der Waals surface area contributed by atoms with Gasteiger partial charge in [-0.15, -0.1) is 0 Å². The molecule has 1 rings (SSSR count). The number of hydrogen-bond donors (Lipinski definition) is 2. The molecule has 0 fully saturated rings. The molecule has 1 aromatic rings. The first-order valence-electron chi connectivity index (χ1n) is 12.4. The zero-order valence-corrected chi connectivity index (χ0v) is 19.5. The van der Waals surface area contributed by atoms with Crippen LogP contribution in [0.1, 0.15) is 115 Å². The molecule has 0 bridgehead atoms. The highest BCUT2D eigenvalue weighted by Gasteiger charge is 2.08. The number of hydrogen-bond acceptors (Lipinski definition) is 3. The molecule has 1 aromatic carbocycles. The van der Waals surface area contributed by atoms with Crippen LogP contribution >= 0.6 is 0 Å². The van der Waals surface area contributed by atoms with Gasteiger partial charge in [-0.25, -0.2) is 4.79 Å². The molecule has 0 aliphatic heterocycles. The number of phenols is 1. The lowest BCUT2D eigenvalue weighted by Gasteiger charge is -2.09. The van der Waals surface area contributed by atoms with Gasteiger partial charge in [0.15, 0.2) is 0 Å². The molecule has 2 N–H and O–H groups in total. The lowest BCUT2D eigenvalue weighted by molar-refractivity contribution is 0.200. The Hall–Kier alpha value is -1.71. The van der Waals surface area contributed by atoms with Crippen LogP contribution in [0.5, 0.6) is 11.5 Å². The van der Waals surface area contributed by atoms with Crippen LogP contribution in [0.2, 0.25) is 0 Å². The fourth-order valence-electron chi connectivity index (χ4n) is 3.71. The Bertz CT molecular complexity index is 559. The third kappa shape index (κ3) is 13.5. The predicted molar refractivity (Wildman–Crippen MR) is 126 cm³/mol. The lowest BCUT2D eigenvalue weighted by atomic mass is 10.0. The summed E-state index contributed by atoms with van der Waals surface area (Å²) in [7, 11) is 0. The van der Waals surface area contributed by atoms with E-state index in [1.165, 1.54) is 89.9 Å². The first-order chi connectivity index (χ1) is 14.6. The Morgan fingerprint density at radius 3 is 1.77 bits per heavy atom. The smallest absolute Gasteiger partial charge is 0.412 e. The molecule has 0 saturated heterocycles. The van der Waals surface area contributed by atoms with Crippen LogP contribution in [-0.2, 0) is 0 Å². The summed E-state index contributed by atoms with van der Waals surface area (Å²) >= 11 is 0. The van der Waals surface area contributed by atoms with Gasteiger partial charge in [-0.3, -0.25) is 0 Å². The van der Waals surface area contributed by atoms with E-state index in [0.29, 0.717) is 17.9 Å². The fraction of sp³-hybridized carbons (Fsp3) is 0.731. The third-order valence-corrected chi connectivity index (χ3v) is 5.76. The van der Waals surface area contributed by atoms with Gasteiger partial charge in [-0.05, 0) is 25.5 Å². The van der Waals surface area contributed by atoms with Gasteiger partial charge in [0.2, 0.25) is 0 Å². The van der Waals surface area contributed by atoms with Crippen molar-refractivity contribution in [3.8, 4) is 11.5 Å². The Morgan fingerprint density at radius 2 is 1.27 bits per heavy atom. The molecule has 0 aliphatic carbocycles. The van der Waals surface area contributed by atoms with Crippen LogP contribution in [0.3, 0.4) is 0 Å². The Morgan fingerprint density at radius 1 is 0.800 bits per heavy atom. The minimum Gasteiger partial charge on any atom is -0.508 e. The molecule has 0 saturated carbocycles. The zero-order valence-electron chi connectivity index (χ0n) is 19.5. The molecular formula is C26H45NO3. The molecular weight excluding hydrogens is 374 g/mol. The number of benzene rings is 1. The van der Waals surface area contributed by atoms with Crippen LogP contribution in [0.4, 0.5) is 4.79 Å². The minimum absolute atomic E-state index is 0.137. The highest BCUT2D eigenvalue weighted by Crippen LogP contribution is 2.25. The van der Waals surface area contributed by atoms with Crippen molar-refractivity contribution in [1.29, 1.82) is 0 Å². The number of rotatable bonds is 18. The van der Waals surface area contributed by atoms with E-state index >= 15 is 0 Å². The summed E-state index contributed by atoms with van der Waals surface area (Å²) in [5.74, 6) is 0.539. The molecule has 4 nitrogen and oxygen atoms in total. The quantitative estimate of drug-likeness (QED) is 0.237. The van der Waals surface area contributed by atoms with Crippen LogP contribution in [0, 0.1) is 6.92 Å². The van der Waals surface area contributed by atoms with E-state index in [0.717, 1.165) is 12.8 Å². The number of phenolic OH excluding ortho intramolecular Hbond substituents is 1. The van der Waals surface area contributed by atoms with Crippen LogP contribution in [0.15, 0.2) is 18.2 Å². The van der Waals surface area contributed by atoms with E-state index < -0.39 is 6.09 Å². The summed E-state index contributed by atoms with van der Waals surface area (Å²) in [6.07, 6.45) is 21.0. The molecule has 0 heterocycles. The number of carbonyl (C=O) groups excluding carboxylic acids is 1. The topological polar surface area (TPSA) is 58.6 Å². The predicted octanol–water partition coefficient (Wildman–Crippen LogP) is 8.05. The maximum Gasteiger partial charge on any atom is 0.412 e. The second kappa shape index (κ2) is 18.1. The second-order valence-corrected chi connectivity index (χ2v) is 8.52. The Balaban J connectivity index is 1.83. The summed E-state index contributed by atoms with van der Waals surface area (Å²) in [5, 5.41) is 12.4. The lowest BCUT2D eigenvalue weighted by Crippen LogP contribution is -2.27. The molecule has 30 heavy (non-hydrogen) atoms. The third-order valence-electron chi connectivity index (χ3n) is 5.76. The number of unbranched alkanes of at least 4 members (excludes halogenated alkanes) is 15. The molecule has 0 spiro atoms. The van der Waals surface area contributed by atoms with Gasteiger partial charge in [0, 0.05) is 12.1 Å². The minimum atomic E-state index is -0.454. The van der Waals surface area contributed by atoms with E-state index in [-0.39, 0.29) is 5.75 Å². The molecule has 0 atom stereocenters. The standard InChI is InChI=1S/C26H45NO3/c1-3-4-5-6-7-8-9-10-11-12-13-14-15-16-17-18-22-27-26(29)30-25-21-19-20-24(28)23(25)2/h19-21,28H,3-18,22H2,1-2H3,(H,27,29). The van der Waals surface area contributed by atoms with Crippen molar-refractivity contribution in [3.63, 3.8) is 0 Å². The van der Waals surface area contributed by atoms with Crippen molar-refractivity contribution in [2.75, 3.05) is 6.54 Å².